The van der Waals surface area contributed by atoms with E-state index in [-0.39, 0.29) is 0 Å². The second-order valence-electron chi connectivity index (χ2n) is 6.02. The summed E-state index contributed by atoms with van der Waals surface area (Å²) in [6, 6.07) is 3.03. The van der Waals surface area contributed by atoms with Gasteiger partial charge in [0.25, 0.3) is 0 Å². The summed E-state index contributed by atoms with van der Waals surface area (Å²) in [5, 5.41) is 3.70. The van der Waals surface area contributed by atoms with E-state index >= 15 is 0 Å². The van der Waals surface area contributed by atoms with E-state index in [0.29, 0.717) is 12.1 Å². The zero-order valence-electron chi connectivity index (χ0n) is 12.8. The molecule has 108 valence electrons. The van der Waals surface area contributed by atoms with Gasteiger partial charge in [-0.15, -0.1) is 0 Å². The van der Waals surface area contributed by atoms with Gasteiger partial charge in [-0.1, -0.05) is 6.42 Å². The molecular weight excluding hydrogens is 236 g/mol. The molecule has 1 aliphatic heterocycles. The molecule has 0 spiro atoms. The van der Waals surface area contributed by atoms with Gasteiger partial charge in [-0.05, 0) is 59.7 Å². The van der Waals surface area contributed by atoms with E-state index in [2.05, 4.69) is 37.1 Å². The van der Waals surface area contributed by atoms with Gasteiger partial charge < -0.3 is 14.6 Å². The van der Waals surface area contributed by atoms with Gasteiger partial charge >= 0.3 is 0 Å². The minimum Gasteiger partial charge on any atom is -0.466 e. The van der Waals surface area contributed by atoms with Gasteiger partial charge in [0.15, 0.2) is 0 Å². The quantitative estimate of drug-likeness (QED) is 0.883. The van der Waals surface area contributed by atoms with Crippen LogP contribution in [0.3, 0.4) is 0 Å². The molecule has 2 heterocycles. The van der Waals surface area contributed by atoms with Gasteiger partial charge in [-0.3, -0.25) is 0 Å². The number of rotatable bonds is 5. The van der Waals surface area contributed by atoms with Crippen LogP contribution in [0.5, 0.6) is 0 Å². The average Bonchev–Trinajstić information content (AvgIpc) is 2.69. The van der Waals surface area contributed by atoms with Crippen molar-refractivity contribution in [1.29, 1.82) is 0 Å². The van der Waals surface area contributed by atoms with Crippen LogP contribution in [-0.4, -0.2) is 30.6 Å². The molecule has 0 aliphatic carbocycles. The van der Waals surface area contributed by atoms with Crippen molar-refractivity contribution in [3.05, 3.63) is 23.2 Å². The summed E-state index contributed by atoms with van der Waals surface area (Å²) in [6.45, 7) is 12.3. The number of nitrogens with one attached hydrogen (secondary N) is 1. The van der Waals surface area contributed by atoms with E-state index in [1.807, 2.05) is 6.92 Å². The third-order valence-corrected chi connectivity index (χ3v) is 4.06. The summed E-state index contributed by atoms with van der Waals surface area (Å²) in [6.07, 6.45) is 4.13. The summed E-state index contributed by atoms with van der Waals surface area (Å²) in [5.41, 5.74) is 1.29. The molecule has 3 heteroatoms. The first kappa shape index (κ1) is 14.6. The molecular formula is C16H28N2O. The maximum absolute atomic E-state index is 5.62. The van der Waals surface area contributed by atoms with Crippen LogP contribution < -0.4 is 5.32 Å². The third-order valence-electron chi connectivity index (χ3n) is 4.06. The van der Waals surface area contributed by atoms with E-state index in [9.17, 15) is 0 Å². The summed E-state index contributed by atoms with van der Waals surface area (Å²) in [7, 11) is 0. The zero-order chi connectivity index (χ0) is 13.8. The lowest BCUT2D eigenvalue weighted by Crippen LogP contribution is -2.42. The van der Waals surface area contributed by atoms with Crippen LogP contribution in [0.4, 0.5) is 0 Å². The van der Waals surface area contributed by atoms with Gasteiger partial charge in [0.05, 0.1) is 0 Å². The van der Waals surface area contributed by atoms with Crippen LogP contribution in [0, 0.1) is 13.8 Å². The third kappa shape index (κ3) is 4.08. The van der Waals surface area contributed by atoms with Gasteiger partial charge in [-0.2, -0.15) is 0 Å². The fourth-order valence-electron chi connectivity index (χ4n) is 3.18. The molecule has 0 saturated carbocycles. The van der Waals surface area contributed by atoms with Crippen LogP contribution in [0.2, 0.25) is 0 Å². The summed E-state index contributed by atoms with van der Waals surface area (Å²) in [4.78, 5) is 2.58. The molecule has 1 N–H and O–H groups in total. The largest absolute Gasteiger partial charge is 0.466 e. The minimum atomic E-state index is 0.359. The summed E-state index contributed by atoms with van der Waals surface area (Å²) in [5.74, 6) is 2.05. The van der Waals surface area contributed by atoms with Crippen LogP contribution in [0.1, 0.15) is 56.2 Å². The summed E-state index contributed by atoms with van der Waals surface area (Å²) >= 11 is 0. The fraction of sp³-hybridized carbons (Fsp3) is 0.750. The maximum Gasteiger partial charge on any atom is 0.105 e. The molecule has 1 aliphatic rings. The molecule has 2 atom stereocenters. The Morgan fingerprint density at radius 3 is 2.47 bits per heavy atom. The maximum atomic E-state index is 5.62. The highest BCUT2D eigenvalue weighted by atomic mass is 16.3. The second kappa shape index (κ2) is 6.58. The van der Waals surface area contributed by atoms with Crippen LogP contribution in [-0.2, 0) is 0 Å². The molecule has 0 amide bonds. The van der Waals surface area contributed by atoms with Crippen molar-refractivity contribution >= 4 is 0 Å². The second-order valence-corrected chi connectivity index (χ2v) is 6.02. The molecule has 2 unspecified atom stereocenters. The molecule has 1 aromatic heterocycles. The fourth-order valence-corrected chi connectivity index (χ4v) is 3.18. The number of furan rings is 1. The smallest absolute Gasteiger partial charge is 0.105 e. The number of aryl methyl sites for hydroxylation is 2. The number of piperidine rings is 1. The standard InChI is InChI=1S/C16H28N2O/c1-12(11-18-8-6-5-7-9-18)17-14(3)16-10-13(2)19-15(16)4/h10,12,14,17H,5-9,11H2,1-4H3. The Balaban J connectivity index is 1.84. The van der Waals surface area contributed by atoms with Crippen molar-refractivity contribution in [2.75, 3.05) is 19.6 Å². The van der Waals surface area contributed by atoms with Crippen molar-refractivity contribution in [2.24, 2.45) is 0 Å². The molecule has 2 rings (SSSR count). The Bertz CT molecular complexity index is 393. The predicted octanol–water partition coefficient (Wildman–Crippen LogP) is 3.42. The number of nitrogens with zero attached hydrogens (tertiary/aromatic N) is 1. The molecule has 0 aromatic carbocycles. The number of hydrogen-bond donors (Lipinski definition) is 1. The average molecular weight is 264 g/mol. The highest BCUT2D eigenvalue weighted by Gasteiger charge is 2.17. The number of hydrogen-bond acceptors (Lipinski definition) is 3. The first-order chi connectivity index (χ1) is 9.06. The normalized spacial score (nSPS) is 20.4. The predicted molar refractivity (Wildman–Crippen MR) is 79.5 cm³/mol. The van der Waals surface area contributed by atoms with Gasteiger partial charge in [0.2, 0.25) is 0 Å². The monoisotopic (exact) mass is 264 g/mol. The van der Waals surface area contributed by atoms with E-state index < -0.39 is 0 Å². The molecule has 3 nitrogen and oxygen atoms in total. The molecule has 0 radical (unpaired) electrons. The van der Waals surface area contributed by atoms with Crippen molar-refractivity contribution < 1.29 is 4.42 Å². The van der Waals surface area contributed by atoms with E-state index in [0.717, 1.165) is 18.1 Å². The first-order valence-corrected chi connectivity index (χ1v) is 7.61. The highest BCUT2D eigenvalue weighted by Crippen LogP contribution is 2.21. The molecule has 1 aromatic rings. The van der Waals surface area contributed by atoms with Crippen molar-refractivity contribution in [2.45, 2.75) is 59.0 Å². The van der Waals surface area contributed by atoms with Crippen molar-refractivity contribution in [1.82, 2.24) is 10.2 Å². The minimum absolute atomic E-state index is 0.359. The Labute approximate surface area is 117 Å². The number of likely N-dealkylation sites (tertiary alicyclic amines) is 1. The van der Waals surface area contributed by atoms with Gasteiger partial charge in [0.1, 0.15) is 11.5 Å². The molecule has 1 fully saturated rings. The van der Waals surface area contributed by atoms with Crippen LogP contribution >= 0.6 is 0 Å². The Morgan fingerprint density at radius 1 is 1.21 bits per heavy atom. The topological polar surface area (TPSA) is 28.4 Å². The lowest BCUT2D eigenvalue weighted by molar-refractivity contribution is 0.205. The highest BCUT2D eigenvalue weighted by molar-refractivity contribution is 5.23. The van der Waals surface area contributed by atoms with Crippen molar-refractivity contribution in [3.8, 4) is 0 Å². The van der Waals surface area contributed by atoms with E-state index in [1.165, 1.54) is 37.9 Å². The Hall–Kier alpha value is -0.800. The lowest BCUT2D eigenvalue weighted by atomic mass is 10.1. The van der Waals surface area contributed by atoms with E-state index in [4.69, 9.17) is 4.42 Å². The van der Waals surface area contributed by atoms with Gasteiger partial charge in [0, 0.05) is 24.2 Å². The Kier molecular flexibility index (Phi) is 5.06. The summed E-state index contributed by atoms with van der Waals surface area (Å²) < 4.78 is 5.62. The molecule has 0 bridgehead atoms. The SMILES string of the molecule is Cc1cc(C(C)NC(C)CN2CCCCC2)c(C)o1. The first-order valence-electron chi connectivity index (χ1n) is 7.61. The van der Waals surface area contributed by atoms with Gasteiger partial charge in [-0.25, -0.2) is 0 Å². The van der Waals surface area contributed by atoms with E-state index in [1.54, 1.807) is 0 Å². The van der Waals surface area contributed by atoms with Crippen LogP contribution in [0.15, 0.2) is 10.5 Å². The Morgan fingerprint density at radius 2 is 1.89 bits per heavy atom. The van der Waals surface area contributed by atoms with Crippen LogP contribution in [0.25, 0.3) is 0 Å². The van der Waals surface area contributed by atoms with Crippen molar-refractivity contribution in [3.63, 3.8) is 0 Å². The molecule has 19 heavy (non-hydrogen) atoms. The lowest BCUT2D eigenvalue weighted by Gasteiger charge is -2.30. The molecule has 1 saturated heterocycles. The zero-order valence-corrected chi connectivity index (χ0v) is 12.8.